The third-order valence-electron chi connectivity index (χ3n) is 2.96. The zero-order valence-corrected chi connectivity index (χ0v) is 10.5. The predicted molar refractivity (Wildman–Crippen MR) is 70.4 cm³/mol. The minimum Gasteiger partial charge on any atom is -0.288 e. The van der Waals surface area contributed by atoms with Crippen molar-refractivity contribution in [2.24, 2.45) is 0 Å². The van der Waals surface area contributed by atoms with Crippen LogP contribution in [0.1, 0.15) is 34.0 Å². The molecule has 0 fully saturated rings. The van der Waals surface area contributed by atoms with Gasteiger partial charge in [0.2, 0.25) is 0 Å². The van der Waals surface area contributed by atoms with Crippen molar-refractivity contribution in [2.45, 2.75) is 20.3 Å². The fraction of sp³-hybridized carbons (Fsp3) is 0.188. The zero-order chi connectivity index (χ0) is 13.1. The second-order valence-electron chi connectivity index (χ2n) is 4.37. The van der Waals surface area contributed by atoms with Crippen LogP contribution in [0.5, 0.6) is 0 Å². The lowest BCUT2D eigenvalue weighted by Gasteiger charge is -2.05. The molecule has 2 heteroatoms. The van der Waals surface area contributed by atoms with Crippen molar-refractivity contribution in [3.63, 3.8) is 0 Å². The summed E-state index contributed by atoms with van der Waals surface area (Å²) in [7, 11) is 0. The molecule has 18 heavy (non-hydrogen) atoms. The van der Waals surface area contributed by atoms with Gasteiger partial charge in [-0.2, -0.15) is 0 Å². The summed E-state index contributed by atoms with van der Waals surface area (Å²) < 4.78 is 13.7. The summed E-state index contributed by atoms with van der Waals surface area (Å²) in [4.78, 5) is 12.2. The maximum atomic E-state index is 13.7. The third-order valence-corrected chi connectivity index (χ3v) is 2.96. The molecule has 0 heterocycles. The number of benzene rings is 2. The average molecular weight is 242 g/mol. The van der Waals surface area contributed by atoms with Gasteiger partial charge in [0.1, 0.15) is 5.82 Å². The van der Waals surface area contributed by atoms with Crippen molar-refractivity contribution in [1.82, 2.24) is 0 Å². The Hall–Kier alpha value is -1.96. The minimum atomic E-state index is -0.465. The molecule has 2 rings (SSSR count). The van der Waals surface area contributed by atoms with E-state index in [1.54, 1.807) is 18.2 Å². The summed E-state index contributed by atoms with van der Waals surface area (Å²) in [6.45, 7) is 3.87. The smallest absolute Gasteiger partial charge is 0.195 e. The molecule has 0 unspecified atom stereocenters. The number of carbonyl (C=O) groups is 1. The first-order valence-electron chi connectivity index (χ1n) is 6.01. The van der Waals surface area contributed by atoms with Gasteiger partial charge in [0.05, 0.1) is 5.56 Å². The first-order chi connectivity index (χ1) is 8.61. The van der Waals surface area contributed by atoms with Gasteiger partial charge in [0.25, 0.3) is 0 Å². The van der Waals surface area contributed by atoms with Crippen LogP contribution in [-0.4, -0.2) is 5.78 Å². The Labute approximate surface area is 106 Å². The van der Waals surface area contributed by atoms with Crippen LogP contribution >= 0.6 is 0 Å². The van der Waals surface area contributed by atoms with Crippen LogP contribution in [0, 0.1) is 12.7 Å². The summed E-state index contributed by atoms with van der Waals surface area (Å²) >= 11 is 0. The zero-order valence-electron chi connectivity index (χ0n) is 10.5. The second kappa shape index (κ2) is 5.13. The van der Waals surface area contributed by atoms with Gasteiger partial charge in [-0.05, 0) is 37.1 Å². The molecule has 92 valence electrons. The highest BCUT2D eigenvalue weighted by Gasteiger charge is 2.14. The Bertz CT molecular complexity index is 587. The number of halogens is 1. The first kappa shape index (κ1) is 12.5. The van der Waals surface area contributed by atoms with Crippen LogP contribution in [0.2, 0.25) is 0 Å². The van der Waals surface area contributed by atoms with E-state index in [2.05, 4.69) is 0 Å². The van der Waals surface area contributed by atoms with Gasteiger partial charge >= 0.3 is 0 Å². The second-order valence-corrected chi connectivity index (χ2v) is 4.37. The van der Waals surface area contributed by atoms with Crippen molar-refractivity contribution in [3.8, 4) is 0 Å². The molecule has 0 aliphatic carbocycles. The summed E-state index contributed by atoms with van der Waals surface area (Å²) in [5, 5.41) is 0. The largest absolute Gasteiger partial charge is 0.288 e. The van der Waals surface area contributed by atoms with Crippen molar-refractivity contribution >= 4 is 5.78 Å². The Morgan fingerprint density at radius 1 is 1.17 bits per heavy atom. The van der Waals surface area contributed by atoms with E-state index in [0.717, 1.165) is 17.5 Å². The molecule has 0 amide bonds. The molecule has 0 aliphatic heterocycles. The van der Waals surface area contributed by atoms with Crippen molar-refractivity contribution in [1.29, 1.82) is 0 Å². The Morgan fingerprint density at radius 2 is 1.94 bits per heavy atom. The molecule has 0 aliphatic rings. The number of rotatable bonds is 3. The molecule has 0 N–H and O–H groups in total. The monoisotopic (exact) mass is 242 g/mol. The fourth-order valence-electron chi connectivity index (χ4n) is 1.90. The van der Waals surface area contributed by atoms with E-state index in [0.29, 0.717) is 5.56 Å². The molecule has 0 saturated heterocycles. The van der Waals surface area contributed by atoms with Crippen LogP contribution in [0.15, 0.2) is 42.5 Å². The van der Waals surface area contributed by atoms with Crippen LogP contribution < -0.4 is 0 Å². The highest BCUT2D eigenvalue weighted by atomic mass is 19.1. The van der Waals surface area contributed by atoms with E-state index in [4.69, 9.17) is 0 Å². The summed E-state index contributed by atoms with van der Waals surface area (Å²) in [6.07, 6.45) is 0.859. The quantitative estimate of drug-likeness (QED) is 0.745. The number of hydrogen-bond donors (Lipinski definition) is 0. The SMILES string of the molecule is CCc1cccc(C(=O)c2cc(C)ccc2F)c1. The molecule has 0 bridgehead atoms. The van der Waals surface area contributed by atoms with Crippen LogP contribution in [0.25, 0.3) is 0 Å². The molecule has 0 spiro atoms. The lowest BCUT2D eigenvalue weighted by atomic mass is 9.99. The highest BCUT2D eigenvalue weighted by Crippen LogP contribution is 2.16. The van der Waals surface area contributed by atoms with E-state index in [-0.39, 0.29) is 11.3 Å². The van der Waals surface area contributed by atoms with Crippen LogP contribution in [0.4, 0.5) is 4.39 Å². The van der Waals surface area contributed by atoms with Gasteiger partial charge in [-0.1, -0.05) is 36.8 Å². The van der Waals surface area contributed by atoms with Gasteiger partial charge in [-0.3, -0.25) is 4.79 Å². The van der Waals surface area contributed by atoms with E-state index in [1.807, 2.05) is 32.0 Å². The van der Waals surface area contributed by atoms with E-state index >= 15 is 0 Å². The van der Waals surface area contributed by atoms with E-state index in [1.165, 1.54) is 6.07 Å². The predicted octanol–water partition coefficient (Wildman–Crippen LogP) is 3.93. The van der Waals surface area contributed by atoms with Crippen molar-refractivity contribution < 1.29 is 9.18 Å². The molecule has 2 aromatic carbocycles. The maximum Gasteiger partial charge on any atom is 0.195 e. The van der Waals surface area contributed by atoms with Gasteiger partial charge in [-0.25, -0.2) is 4.39 Å². The lowest BCUT2D eigenvalue weighted by Crippen LogP contribution is -2.05. The number of hydrogen-bond acceptors (Lipinski definition) is 1. The summed E-state index contributed by atoms with van der Waals surface area (Å²) in [5.74, 6) is -0.723. The van der Waals surface area contributed by atoms with Gasteiger partial charge in [-0.15, -0.1) is 0 Å². The Morgan fingerprint density at radius 3 is 2.67 bits per heavy atom. The normalized spacial score (nSPS) is 10.4. The van der Waals surface area contributed by atoms with Gasteiger partial charge in [0.15, 0.2) is 5.78 Å². The number of aryl methyl sites for hydroxylation is 2. The molecule has 0 aromatic heterocycles. The van der Waals surface area contributed by atoms with E-state index < -0.39 is 5.82 Å². The summed E-state index contributed by atoms with van der Waals surface area (Å²) in [5.41, 5.74) is 2.64. The van der Waals surface area contributed by atoms with Gasteiger partial charge < -0.3 is 0 Å². The van der Waals surface area contributed by atoms with Crippen molar-refractivity contribution in [3.05, 3.63) is 70.5 Å². The standard InChI is InChI=1S/C16H15FO/c1-3-12-5-4-6-13(10-12)16(18)14-9-11(2)7-8-15(14)17/h4-10H,3H2,1-2H3. The molecular formula is C16H15FO. The topological polar surface area (TPSA) is 17.1 Å². The van der Waals surface area contributed by atoms with Gasteiger partial charge in [0, 0.05) is 5.56 Å². The first-order valence-corrected chi connectivity index (χ1v) is 6.01. The summed E-state index contributed by atoms with van der Waals surface area (Å²) in [6, 6.07) is 11.9. The number of ketones is 1. The molecule has 1 nitrogen and oxygen atoms in total. The maximum absolute atomic E-state index is 13.7. The van der Waals surface area contributed by atoms with Crippen molar-refractivity contribution in [2.75, 3.05) is 0 Å². The Kier molecular flexibility index (Phi) is 3.56. The van der Waals surface area contributed by atoms with Crippen LogP contribution in [-0.2, 0) is 6.42 Å². The number of carbonyl (C=O) groups excluding carboxylic acids is 1. The molecule has 0 radical (unpaired) electrons. The molecular weight excluding hydrogens is 227 g/mol. The minimum absolute atomic E-state index is 0.142. The lowest BCUT2D eigenvalue weighted by molar-refractivity contribution is 0.103. The van der Waals surface area contributed by atoms with E-state index in [9.17, 15) is 9.18 Å². The van der Waals surface area contributed by atoms with Crippen LogP contribution in [0.3, 0.4) is 0 Å². The molecule has 2 aromatic rings. The molecule has 0 atom stereocenters. The fourth-order valence-corrected chi connectivity index (χ4v) is 1.90. The third kappa shape index (κ3) is 2.48. The Balaban J connectivity index is 2.44. The molecule has 0 saturated carbocycles. The highest BCUT2D eigenvalue weighted by molar-refractivity contribution is 6.09. The average Bonchev–Trinajstić information content (AvgIpc) is 2.41.